The van der Waals surface area contributed by atoms with E-state index in [1.807, 2.05) is 12.1 Å². The molecule has 0 N–H and O–H groups in total. The van der Waals surface area contributed by atoms with E-state index in [2.05, 4.69) is 13.0 Å². The van der Waals surface area contributed by atoms with Crippen molar-refractivity contribution in [3.63, 3.8) is 0 Å². The maximum Gasteiger partial charge on any atom is 0.309 e. The number of nitriles is 1. The molecule has 1 aromatic rings. The predicted octanol–water partition coefficient (Wildman–Crippen LogP) is 4.91. The summed E-state index contributed by atoms with van der Waals surface area (Å²) < 4.78 is 5.61. The van der Waals surface area contributed by atoms with Gasteiger partial charge >= 0.3 is 5.97 Å². The summed E-state index contributed by atoms with van der Waals surface area (Å²) in [6.07, 6.45) is 8.77. The van der Waals surface area contributed by atoms with Crippen molar-refractivity contribution in [3.05, 3.63) is 35.4 Å². The fourth-order valence-electron chi connectivity index (χ4n) is 3.03. The fraction of sp³-hybridized carbons (Fsp3) is 0.579. The Kier molecular flexibility index (Phi) is 6.45. The topological polar surface area (TPSA) is 50.1 Å². The van der Waals surface area contributed by atoms with Gasteiger partial charge in [0.15, 0.2) is 0 Å². The van der Waals surface area contributed by atoms with Crippen LogP contribution in [0.25, 0.3) is 0 Å². The van der Waals surface area contributed by atoms with Crippen LogP contribution in [-0.2, 0) is 9.53 Å². The molecule has 2 unspecified atom stereocenters. The second-order valence-corrected chi connectivity index (χ2v) is 6.14. The zero-order valence-corrected chi connectivity index (χ0v) is 13.4. The van der Waals surface area contributed by atoms with Gasteiger partial charge in [-0.05, 0) is 37.0 Å². The highest BCUT2D eigenvalue weighted by molar-refractivity contribution is 5.73. The number of carbonyl (C=O) groups is 1. The summed E-state index contributed by atoms with van der Waals surface area (Å²) in [5.74, 6) is 0.0346. The molecule has 22 heavy (non-hydrogen) atoms. The summed E-state index contributed by atoms with van der Waals surface area (Å²) >= 11 is 0. The van der Waals surface area contributed by atoms with E-state index in [1.165, 1.54) is 25.7 Å². The molecule has 2 atom stereocenters. The lowest BCUT2D eigenvalue weighted by Crippen LogP contribution is -2.26. The van der Waals surface area contributed by atoms with Gasteiger partial charge in [0.25, 0.3) is 0 Å². The maximum atomic E-state index is 12.1. The van der Waals surface area contributed by atoms with Crippen molar-refractivity contribution in [2.45, 2.75) is 64.4 Å². The summed E-state index contributed by atoms with van der Waals surface area (Å²) in [6.45, 7) is 2.21. The molecular formula is C19H25NO2. The van der Waals surface area contributed by atoms with E-state index in [1.54, 1.807) is 12.1 Å². The Bertz CT molecular complexity index is 515. The van der Waals surface area contributed by atoms with Crippen molar-refractivity contribution in [2.75, 3.05) is 0 Å². The second kappa shape index (κ2) is 8.58. The first-order valence-electron chi connectivity index (χ1n) is 8.45. The highest BCUT2D eigenvalue weighted by Gasteiger charge is 2.30. The number of nitrogens with zero attached hydrogens (tertiary/aromatic N) is 1. The minimum absolute atomic E-state index is 0.0453. The Morgan fingerprint density at radius 1 is 1.14 bits per heavy atom. The smallest absolute Gasteiger partial charge is 0.309 e. The Morgan fingerprint density at radius 2 is 1.86 bits per heavy atom. The van der Waals surface area contributed by atoms with Crippen LogP contribution in [-0.4, -0.2) is 5.97 Å². The SMILES string of the molecule is CCCCCCCC1CCC(c2ccc(C#N)cc2)OC1=O. The number of hydrogen-bond donors (Lipinski definition) is 0. The minimum Gasteiger partial charge on any atom is -0.457 e. The quantitative estimate of drug-likeness (QED) is 0.530. The normalized spacial score (nSPS) is 21.2. The molecule has 1 aliphatic rings. The summed E-state index contributed by atoms with van der Waals surface area (Å²) in [7, 11) is 0. The van der Waals surface area contributed by atoms with Crippen molar-refractivity contribution in [3.8, 4) is 6.07 Å². The average molecular weight is 299 g/mol. The third-order valence-corrected chi connectivity index (χ3v) is 4.44. The molecular weight excluding hydrogens is 274 g/mol. The van der Waals surface area contributed by atoms with E-state index in [4.69, 9.17) is 10.00 Å². The number of carbonyl (C=O) groups excluding carboxylic acids is 1. The van der Waals surface area contributed by atoms with Crippen LogP contribution in [0.1, 0.15) is 75.5 Å². The molecule has 2 rings (SSSR count). The highest BCUT2D eigenvalue weighted by atomic mass is 16.5. The number of unbranched alkanes of at least 4 members (excludes halogenated alkanes) is 4. The van der Waals surface area contributed by atoms with Crippen LogP contribution in [0.5, 0.6) is 0 Å². The lowest BCUT2D eigenvalue weighted by molar-refractivity contribution is -0.161. The van der Waals surface area contributed by atoms with Crippen molar-refractivity contribution < 1.29 is 9.53 Å². The van der Waals surface area contributed by atoms with Gasteiger partial charge in [0.05, 0.1) is 17.6 Å². The largest absolute Gasteiger partial charge is 0.457 e. The van der Waals surface area contributed by atoms with Gasteiger partial charge in [-0.15, -0.1) is 0 Å². The van der Waals surface area contributed by atoms with Gasteiger partial charge in [-0.25, -0.2) is 0 Å². The van der Waals surface area contributed by atoms with Gasteiger partial charge in [0, 0.05) is 0 Å². The molecule has 1 fully saturated rings. The van der Waals surface area contributed by atoms with Gasteiger partial charge in [0.1, 0.15) is 6.10 Å². The van der Waals surface area contributed by atoms with Crippen LogP contribution in [0.3, 0.4) is 0 Å². The molecule has 1 saturated heterocycles. The van der Waals surface area contributed by atoms with Crippen molar-refractivity contribution in [1.82, 2.24) is 0 Å². The molecule has 1 aromatic carbocycles. The molecule has 0 aromatic heterocycles. The third kappa shape index (κ3) is 4.59. The summed E-state index contributed by atoms with van der Waals surface area (Å²) in [4.78, 5) is 12.1. The minimum atomic E-state index is -0.142. The number of ether oxygens (including phenoxy) is 1. The lowest BCUT2D eigenvalue weighted by Gasteiger charge is -2.28. The van der Waals surface area contributed by atoms with E-state index in [0.29, 0.717) is 5.56 Å². The zero-order chi connectivity index (χ0) is 15.8. The molecule has 0 radical (unpaired) electrons. The number of cyclic esters (lactones) is 1. The molecule has 0 spiro atoms. The Balaban J connectivity index is 1.79. The van der Waals surface area contributed by atoms with Gasteiger partial charge in [-0.1, -0.05) is 51.2 Å². The van der Waals surface area contributed by atoms with E-state index >= 15 is 0 Å². The first-order chi connectivity index (χ1) is 10.7. The van der Waals surface area contributed by atoms with Gasteiger partial charge in [-0.3, -0.25) is 4.79 Å². The Morgan fingerprint density at radius 3 is 2.50 bits per heavy atom. The summed E-state index contributed by atoms with van der Waals surface area (Å²) in [5.41, 5.74) is 1.63. The second-order valence-electron chi connectivity index (χ2n) is 6.14. The van der Waals surface area contributed by atoms with Crippen LogP contribution in [0.15, 0.2) is 24.3 Å². The molecule has 0 saturated carbocycles. The molecule has 3 heteroatoms. The third-order valence-electron chi connectivity index (χ3n) is 4.44. The van der Waals surface area contributed by atoms with Crippen LogP contribution >= 0.6 is 0 Å². The number of benzene rings is 1. The maximum absolute atomic E-state index is 12.1. The first-order valence-corrected chi connectivity index (χ1v) is 8.45. The van der Waals surface area contributed by atoms with E-state index in [0.717, 1.165) is 31.2 Å². The summed E-state index contributed by atoms with van der Waals surface area (Å²) in [5, 5.41) is 8.82. The lowest BCUT2D eigenvalue weighted by atomic mass is 9.90. The van der Waals surface area contributed by atoms with E-state index in [9.17, 15) is 4.79 Å². The number of rotatable bonds is 7. The number of hydrogen-bond acceptors (Lipinski definition) is 3. The molecule has 1 aliphatic heterocycles. The van der Waals surface area contributed by atoms with Crippen molar-refractivity contribution in [2.24, 2.45) is 5.92 Å². The molecule has 0 amide bonds. The molecule has 118 valence electrons. The Hall–Kier alpha value is -1.82. The Labute approximate surface area is 133 Å². The van der Waals surface area contributed by atoms with Crippen molar-refractivity contribution in [1.29, 1.82) is 5.26 Å². The average Bonchev–Trinajstić information content (AvgIpc) is 2.56. The molecule has 0 bridgehead atoms. The zero-order valence-electron chi connectivity index (χ0n) is 13.4. The highest BCUT2D eigenvalue weighted by Crippen LogP contribution is 2.33. The van der Waals surface area contributed by atoms with Crippen LogP contribution in [0.2, 0.25) is 0 Å². The van der Waals surface area contributed by atoms with Gasteiger partial charge in [0.2, 0.25) is 0 Å². The standard InChI is InChI=1S/C19H25NO2/c1-2-3-4-5-6-7-17-12-13-18(22-19(17)21)16-10-8-15(14-20)9-11-16/h8-11,17-18H,2-7,12-13H2,1H3. The van der Waals surface area contributed by atoms with Crippen LogP contribution in [0, 0.1) is 17.2 Å². The molecule has 3 nitrogen and oxygen atoms in total. The van der Waals surface area contributed by atoms with Crippen LogP contribution < -0.4 is 0 Å². The van der Waals surface area contributed by atoms with Crippen molar-refractivity contribution >= 4 is 5.97 Å². The molecule has 0 aliphatic carbocycles. The van der Waals surface area contributed by atoms with E-state index in [-0.39, 0.29) is 18.0 Å². The monoisotopic (exact) mass is 299 g/mol. The predicted molar refractivity (Wildman–Crippen MR) is 86.1 cm³/mol. The first kappa shape index (κ1) is 16.5. The fourth-order valence-corrected chi connectivity index (χ4v) is 3.03. The number of esters is 1. The van der Waals surface area contributed by atoms with Gasteiger partial charge in [-0.2, -0.15) is 5.26 Å². The van der Waals surface area contributed by atoms with E-state index < -0.39 is 0 Å². The summed E-state index contributed by atoms with van der Waals surface area (Å²) in [6, 6.07) is 9.45. The van der Waals surface area contributed by atoms with Gasteiger partial charge < -0.3 is 4.74 Å². The van der Waals surface area contributed by atoms with Crippen LogP contribution in [0.4, 0.5) is 0 Å². The molecule has 1 heterocycles.